The first-order valence-electron chi connectivity index (χ1n) is 8.52. The Balaban J connectivity index is 1.51. The van der Waals surface area contributed by atoms with Crippen LogP contribution in [0.5, 0.6) is 0 Å². The number of carbonyl (C=O) groups excluding carboxylic acids is 1. The zero-order chi connectivity index (χ0) is 14.8. The minimum atomic E-state index is -1.05. The first-order chi connectivity index (χ1) is 9.97. The summed E-state index contributed by atoms with van der Waals surface area (Å²) in [5.74, 6) is 2.06. The van der Waals surface area contributed by atoms with Gasteiger partial charge >= 0.3 is 5.97 Å². The third kappa shape index (κ3) is 2.09. The summed E-state index contributed by atoms with van der Waals surface area (Å²) in [7, 11) is 0. The quantitative estimate of drug-likeness (QED) is 0.836. The lowest BCUT2D eigenvalue weighted by Gasteiger charge is -2.54. The molecule has 5 fully saturated rings. The van der Waals surface area contributed by atoms with Crippen molar-refractivity contribution in [2.24, 2.45) is 35.5 Å². The van der Waals surface area contributed by atoms with Crippen LogP contribution in [0, 0.1) is 35.5 Å². The van der Waals surface area contributed by atoms with Gasteiger partial charge in [0, 0.05) is 5.92 Å². The van der Waals surface area contributed by atoms with Crippen LogP contribution in [0.4, 0.5) is 0 Å². The normalized spacial score (nSPS) is 43.4. The van der Waals surface area contributed by atoms with E-state index in [-0.39, 0.29) is 17.7 Å². The summed E-state index contributed by atoms with van der Waals surface area (Å²) in [5, 5.41) is 12.5. The van der Waals surface area contributed by atoms with Crippen LogP contribution in [0.25, 0.3) is 0 Å². The van der Waals surface area contributed by atoms with E-state index in [9.17, 15) is 14.7 Å². The highest BCUT2D eigenvalue weighted by Gasteiger charge is 2.54. The maximum absolute atomic E-state index is 12.8. The Morgan fingerprint density at radius 2 is 1.52 bits per heavy atom. The Labute approximate surface area is 125 Å². The molecule has 5 aliphatic carbocycles. The molecule has 4 nitrogen and oxygen atoms in total. The lowest BCUT2D eigenvalue weighted by molar-refractivity contribution is -0.152. The van der Waals surface area contributed by atoms with Gasteiger partial charge in [0.1, 0.15) is 5.54 Å². The van der Waals surface area contributed by atoms with Gasteiger partial charge in [0.15, 0.2) is 0 Å². The number of carboxylic acids is 1. The molecule has 4 heteroatoms. The molecular weight excluding hydrogens is 266 g/mol. The number of carboxylic acid groups (broad SMARTS) is 1. The molecule has 0 aromatic carbocycles. The van der Waals surface area contributed by atoms with E-state index < -0.39 is 11.5 Å². The Kier molecular flexibility index (Phi) is 2.89. The van der Waals surface area contributed by atoms with Crippen LogP contribution in [0.1, 0.15) is 51.9 Å². The number of aliphatic carboxylic acids is 1. The van der Waals surface area contributed by atoms with Gasteiger partial charge in [-0.25, -0.2) is 4.79 Å². The summed E-state index contributed by atoms with van der Waals surface area (Å²) >= 11 is 0. The van der Waals surface area contributed by atoms with E-state index in [4.69, 9.17) is 0 Å². The molecule has 0 aliphatic heterocycles. The number of amides is 1. The third-order valence-electron chi connectivity index (χ3n) is 6.75. The molecule has 4 bridgehead atoms. The number of hydrogen-bond acceptors (Lipinski definition) is 2. The van der Waals surface area contributed by atoms with Crippen LogP contribution in [-0.2, 0) is 9.59 Å². The van der Waals surface area contributed by atoms with Crippen molar-refractivity contribution in [3.63, 3.8) is 0 Å². The summed E-state index contributed by atoms with van der Waals surface area (Å²) in [6.07, 6.45) is 7.99. The van der Waals surface area contributed by atoms with Crippen molar-refractivity contribution in [1.82, 2.24) is 5.32 Å². The average Bonchev–Trinajstić information content (AvgIpc) is 3.21. The summed E-state index contributed by atoms with van der Waals surface area (Å²) in [6, 6.07) is 0. The molecule has 2 N–H and O–H groups in total. The average molecular weight is 291 g/mol. The fourth-order valence-electron chi connectivity index (χ4n) is 5.68. The van der Waals surface area contributed by atoms with Crippen LogP contribution in [0.3, 0.4) is 0 Å². The molecule has 0 spiro atoms. The molecular formula is C17H25NO3. The van der Waals surface area contributed by atoms with Crippen molar-refractivity contribution < 1.29 is 14.7 Å². The fourth-order valence-corrected chi connectivity index (χ4v) is 5.68. The Morgan fingerprint density at radius 3 is 1.95 bits per heavy atom. The maximum Gasteiger partial charge on any atom is 0.329 e. The minimum Gasteiger partial charge on any atom is -0.480 e. The van der Waals surface area contributed by atoms with Gasteiger partial charge in [-0.1, -0.05) is 0 Å². The molecule has 116 valence electrons. The van der Waals surface area contributed by atoms with E-state index in [1.807, 2.05) is 0 Å². The van der Waals surface area contributed by atoms with Gasteiger partial charge in [0.05, 0.1) is 0 Å². The van der Waals surface area contributed by atoms with Crippen LogP contribution < -0.4 is 5.32 Å². The predicted octanol–water partition coefficient (Wildman–Crippen LogP) is 2.43. The predicted molar refractivity (Wildman–Crippen MR) is 77.4 cm³/mol. The van der Waals surface area contributed by atoms with Gasteiger partial charge < -0.3 is 10.4 Å². The number of rotatable bonds is 4. The highest BCUT2D eigenvalue weighted by Crippen LogP contribution is 2.56. The lowest BCUT2D eigenvalue weighted by Crippen LogP contribution is -2.59. The third-order valence-corrected chi connectivity index (χ3v) is 6.75. The topological polar surface area (TPSA) is 66.4 Å². The highest BCUT2D eigenvalue weighted by molar-refractivity contribution is 5.88. The van der Waals surface area contributed by atoms with Crippen molar-refractivity contribution in [2.45, 2.75) is 57.4 Å². The molecule has 1 amide bonds. The maximum atomic E-state index is 12.8. The van der Waals surface area contributed by atoms with Crippen molar-refractivity contribution in [3.8, 4) is 0 Å². The van der Waals surface area contributed by atoms with Gasteiger partial charge in [-0.2, -0.15) is 0 Å². The lowest BCUT2D eigenvalue weighted by atomic mass is 9.51. The van der Waals surface area contributed by atoms with E-state index in [0.29, 0.717) is 11.8 Å². The Morgan fingerprint density at radius 1 is 1.00 bits per heavy atom. The van der Waals surface area contributed by atoms with Gasteiger partial charge in [-0.05, 0) is 81.5 Å². The summed E-state index contributed by atoms with van der Waals surface area (Å²) in [4.78, 5) is 24.4. The molecule has 5 saturated carbocycles. The van der Waals surface area contributed by atoms with Crippen LogP contribution in [0.2, 0.25) is 0 Å². The van der Waals surface area contributed by atoms with Crippen molar-refractivity contribution in [3.05, 3.63) is 0 Å². The van der Waals surface area contributed by atoms with Crippen LogP contribution in [0.15, 0.2) is 0 Å². The smallest absolute Gasteiger partial charge is 0.329 e. The number of carbonyl (C=O) groups is 2. The monoisotopic (exact) mass is 291 g/mol. The largest absolute Gasteiger partial charge is 0.480 e. The molecule has 0 heterocycles. The second-order valence-corrected chi connectivity index (χ2v) is 8.23. The Bertz CT molecular complexity index is 456. The molecule has 21 heavy (non-hydrogen) atoms. The Hall–Kier alpha value is -1.06. The van der Waals surface area contributed by atoms with Gasteiger partial charge in [0.25, 0.3) is 0 Å². The van der Waals surface area contributed by atoms with E-state index in [2.05, 4.69) is 5.32 Å². The first-order valence-corrected chi connectivity index (χ1v) is 8.52. The molecule has 0 aromatic rings. The summed E-state index contributed by atoms with van der Waals surface area (Å²) < 4.78 is 0. The van der Waals surface area contributed by atoms with Crippen molar-refractivity contribution >= 4 is 11.9 Å². The molecule has 0 radical (unpaired) electrons. The van der Waals surface area contributed by atoms with E-state index >= 15 is 0 Å². The van der Waals surface area contributed by atoms with Gasteiger partial charge in [-0.3, -0.25) is 4.79 Å². The zero-order valence-corrected chi connectivity index (χ0v) is 12.7. The van der Waals surface area contributed by atoms with Crippen LogP contribution >= 0.6 is 0 Å². The molecule has 5 aliphatic rings. The molecule has 0 saturated heterocycles. The van der Waals surface area contributed by atoms with E-state index in [1.165, 1.54) is 32.1 Å². The first kappa shape index (κ1) is 13.6. The number of nitrogens with one attached hydrogen (secondary N) is 1. The molecule has 1 unspecified atom stereocenters. The minimum absolute atomic E-state index is 0.0283. The number of hydrogen-bond donors (Lipinski definition) is 2. The zero-order valence-electron chi connectivity index (χ0n) is 12.7. The standard InChI is InChI=1S/C17H25NO3/c1-17(16(20)21,13-2-3-13)18-15(19)14-11-5-9-4-10(7-11)8-12(14)6-9/h9-14H,2-8H2,1H3,(H,18,19)(H,20,21). The van der Waals surface area contributed by atoms with Crippen molar-refractivity contribution in [1.29, 1.82) is 0 Å². The van der Waals surface area contributed by atoms with Crippen molar-refractivity contribution in [2.75, 3.05) is 0 Å². The second kappa shape index (κ2) is 4.47. The summed E-state index contributed by atoms with van der Waals surface area (Å²) in [6.45, 7) is 1.70. The highest BCUT2D eigenvalue weighted by atomic mass is 16.4. The molecule has 5 rings (SSSR count). The fraction of sp³-hybridized carbons (Fsp3) is 0.882. The van der Waals surface area contributed by atoms with Gasteiger partial charge in [-0.15, -0.1) is 0 Å². The van der Waals surface area contributed by atoms with E-state index in [1.54, 1.807) is 6.92 Å². The second-order valence-electron chi connectivity index (χ2n) is 8.23. The van der Waals surface area contributed by atoms with Gasteiger partial charge in [0.2, 0.25) is 5.91 Å². The molecule has 0 aromatic heterocycles. The molecule has 1 atom stereocenters. The summed E-state index contributed by atoms with van der Waals surface area (Å²) in [5.41, 5.74) is -1.05. The van der Waals surface area contributed by atoms with Crippen LogP contribution in [-0.4, -0.2) is 22.5 Å². The van der Waals surface area contributed by atoms with E-state index in [0.717, 1.165) is 24.7 Å². The SMILES string of the molecule is CC(NC(=O)C1C2CC3CC(C2)CC1C3)(C(=O)O)C1CC1.